The maximum absolute atomic E-state index is 4.31. The van der Waals surface area contributed by atoms with Crippen molar-refractivity contribution in [3.05, 3.63) is 36.5 Å². The van der Waals surface area contributed by atoms with Gasteiger partial charge in [0.05, 0.1) is 0 Å². The van der Waals surface area contributed by atoms with Crippen molar-refractivity contribution >= 4 is 0 Å². The van der Waals surface area contributed by atoms with Gasteiger partial charge in [-0.3, -0.25) is 0 Å². The van der Waals surface area contributed by atoms with Crippen molar-refractivity contribution in [3.63, 3.8) is 0 Å². The van der Waals surface area contributed by atoms with Gasteiger partial charge in [-0.15, -0.1) is 0 Å². The first kappa shape index (κ1) is 27.4. The Balaban J connectivity index is 0. The molecule has 0 unspecified atom stereocenters. The molecule has 0 nitrogen and oxygen atoms in total. The molecule has 0 saturated carbocycles. The predicted molar refractivity (Wildman–Crippen MR) is 124 cm³/mol. The highest BCUT2D eigenvalue weighted by Gasteiger charge is 2.26. The van der Waals surface area contributed by atoms with Gasteiger partial charge in [-0.1, -0.05) is 116 Å². The molecule has 0 aromatic carbocycles. The molecule has 0 aliphatic carbocycles. The molecular formula is C26H50. The summed E-state index contributed by atoms with van der Waals surface area (Å²) in [6, 6.07) is 0. The molecule has 0 aromatic heterocycles. The third-order valence-corrected chi connectivity index (χ3v) is 5.29. The van der Waals surface area contributed by atoms with Gasteiger partial charge in [-0.25, -0.2) is 0 Å². The van der Waals surface area contributed by atoms with E-state index in [9.17, 15) is 0 Å². The highest BCUT2D eigenvalue weighted by Crippen LogP contribution is 2.40. The van der Waals surface area contributed by atoms with Crippen LogP contribution in [-0.2, 0) is 0 Å². The van der Waals surface area contributed by atoms with Crippen LogP contribution in [0.5, 0.6) is 0 Å². The summed E-state index contributed by atoms with van der Waals surface area (Å²) in [5.74, 6) is 0. The first-order chi connectivity index (χ1) is 12.3. The van der Waals surface area contributed by atoms with E-state index in [-0.39, 0.29) is 5.41 Å². The summed E-state index contributed by atoms with van der Waals surface area (Å²) >= 11 is 0. The predicted octanol–water partition coefficient (Wildman–Crippen LogP) is 9.82. The van der Waals surface area contributed by atoms with E-state index < -0.39 is 0 Å². The van der Waals surface area contributed by atoms with Crippen molar-refractivity contribution in [1.82, 2.24) is 0 Å². The van der Waals surface area contributed by atoms with Gasteiger partial charge in [0.2, 0.25) is 0 Å². The fourth-order valence-corrected chi connectivity index (χ4v) is 3.25. The normalized spacial score (nSPS) is 10.8. The van der Waals surface area contributed by atoms with Gasteiger partial charge >= 0.3 is 0 Å². The molecule has 0 heterocycles. The number of hydrogen-bond acceptors (Lipinski definition) is 0. The molecule has 0 atom stereocenters. The summed E-state index contributed by atoms with van der Waals surface area (Å²) in [5, 5.41) is 0. The standard InChI is InChI=1S/C21H38.C5H12/c1-8-10-12-14-19(5)16-21(7,18(3)4)17-20(6)15-13-11-9-2;1-3-5-4-2/h3,5-6,8-17H2,1-2,4,7H3;3-5H2,1-2H3. The van der Waals surface area contributed by atoms with E-state index in [2.05, 4.69) is 61.3 Å². The lowest BCUT2D eigenvalue weighted by atomic mass is 9.72. The van der Waals surface area contributed by atoms with Crippen molar-refractivity contribution in [2.45, 2.75) is 125 Å². The first-order valence-corrected chi connectivity index (χ1v) is 11.3. The first-order valence-electron chi connectivity index (χ1n) is 11.3. The lowest BCUT2D eigenvalue weighted by molar-refractivity contribution is 0.379. The Bertz CT molecular complexity index is 345. The average molecular weight is 363 g/mol. The topological polar surface area (TPSA) is 0 Å². The van der Waals surface area contributed by atoms with Crippen LogP contribution >= 0.6 is 0 Å². The van der Waals surface area contributed by atoms with E-state index in [1.807, 2.05) is 0 Å². The quantitative estimate of drug-likeness (QED) is 0.201. The van der Waals surface area contributed by atoms with Crippen LogP contribution in [0.4, 0.5) is 0 Å². The smallest absolute Gasteiger partial charge is 0.00478 e. The van der Waals surface area contributed by atoms with Gasteiger partial charge in [0.1, 0.15) is 0 Å². The van der Waals surface area contributed by atoms with Crippen LogP contribution in [0.3, 0.4) is 0 Å². The second kappa shape index (κ2) is 17.6. The minimum absolute atomic E-state index is 0.145. The van der Waals surface area contributed by atoms with E-state index in [1.54, 1.807) is 0 Å². The Labute approximate surface area is 167 Å². The van der Waals surface area contributed by atoms with E-state index in [0.717, 1.165) is 12.8 Å². The summed E-state index contributed by atoms with van der Waals surface area (Å²) < 4.78 is 0. The van der Waals surface area contributed by atoms with E-state index >= 15 is 0 Å². The minimum atomic E-state index is 0.145. The molecule has 0 aromatic rings. The molecule has 0 saturated heterocycles. The van der Waals surface area contributed by atoms with Gasteiger partial charge in [-0.05, 0) is 50.9 Å². The molecule has 0 N–H and O–H groups in total. The van der Waals surface area contributed by atoms with Crippen molar-refractivity contribution < 1.29 is 0 Å². The van der Waals surface area contributed by atoms with Crippen LogP contribution in [0.2, 0.25) is 0 Å². The zero-order chi connectivity index (χ0) is 20.4. The second-order valence-electron chi connectivity index (χ2n) is 8.46. The largest absolute Gasteiger partial charge is 0.0998 e. The Kier molecular flexibility index (Phi) is 18.6. The lowest BCUT2D eigenvalue weighted by Gasteiger charge is -2.32. The number of allylic oxidation sites excluding steroid dienone is 3. The van der Waals surface area contributed by atoms with Crippen LogP contribution in [-0.4, -0.2) is 0 Å². The van der Waals surface area contributed by atoms with Gasteiger partial charge in [0, 0.05) is 0 Å². The average Bonchev–Trinajstić information content (AvgIpc) is 2.56. The van der Waals surface area contributed by atoms with Crippen molar-refractivity contribution in [1.29, 1.82) is 0 Å². The summed E-state index contributed by atoms with van der Waals surface area (Å²) in [6.07, 6.45) is 16.3. The second-order valence-corrected chi connectivity index (χ2v) is 8.46. The van der Waals surface area contributed by atoms with Gasteiger partial charge in [-0.2, -0.15) is 0 Å². The summed E-state index contributed by atoms with van der Waals surface area (Å²) in [5.41, 5.74) is 4.19. The molecular weight excluding hydrogens is 312 g/mol. The van der Waals surface area contributed by atoms with Gasteiger partial charge < -0.3 is 0 Å². The van der Waals surface area contributed by atoms with Crippen molar-refractivity contribution in [2.24, 2.45) is 5.41 Å². The molecule has 0 spiro atoms. The molecule has 0 radical (unpaired) electrons. The highest BCUT2D eigenvalue weighted by molar-refractivity contribution is 5.17. The number of unbranched alkanes of at least 4 members (excludes halogenated alkanes) is 6. The maximum Gasteiger partial charge on any atom is -0.00478 e. The Hall–Kier alpha value is -0.780. The third kappa shape index (κ3) is 15.5. The van der Waals surface area contributed by atoms with E-state index in [1.165, 1.54) is 87.3 Å². The van der Waals surface area contributed by atoms with Crippen LogP contribution < -0.4 is 0 Å². The zero-order valence-electron chi connectivity index (χ0n) is 19.3. The number of rotatable bonds is 15. The third-order valence-electron chi connectivity index (χ3n) is 5.29. The molecule has 0 amide bonds. The zero-order valence-corrected chi connectivity index (χ0v) is 19.3. The Morgan fingerprint density at radius 3 is 1.19 bits per heavy atom. The highest BCUT2D eigenvalue weighted by atomic mass is 14.3. The molecule has 0 heteroatoms. The van der Waals surface area contributed by atoms with Gasteiger partial charge in [0.25, 0.3) is 0 Å². The fourth-order valence-electron chi connectivity index (χ4n) is 3.25. The molecule has 0 fully saturated rings. The van der Waals surface area contributed by atoms with Crippen LogP contribution in [0.15, 0.2) is 36.5 Å². The minimum Gasteiger partial charge on any atom is -0.0998 e. The van der Waals surface area contributed by atoms with Crippen molar-refractivity contribution in [3.8, 4) is 0 Å². The van der Waals surface area contributed by atoms with Crippen LogP contribution in [0.25, 0.3) is 0 Å². The summed E-state index contributed by atoms with van der Waals surface area (Å²) in [4.78, 5) is 0. The molecule has 154 valence electrons. The lowest BCUT2D eigenvalue weighted by Crippen LogP contribution is -2.19. The van der Waals surface area contributed by atoms with Crippen LogP contribution in [0.1, 0.15) is 125 Å². The number of hydrogen-bond donors (Lipinski definition) is 0. The summed E-state index contributed by atoms with van der Waals surface area (Å²) in [7, 11) is 0. The Morgan fingerprint density at radius 1 is 0.615 bits per heavy atom. The fraction of sp³-hybridized carbons (Fsp3) is 0.769. The molecule has 26 heavy (non-hydrogen) atoms. The molecule has 0 aliphatic rings. The molecule has 0 bridgehead atoms. The van der Waals surface area contributed by atoms with Crippen LogP contribution in [0, 0.1) is 5.41 Å². The van der Waals surface area contributed by atoms with Crippen molar-refractivity contribution in [2.75, 3.05) is 0 Å². The maximum atomic E-state index is 4.31. The Morgan fingerprint density at radius 2 is 0.962 bits per heavy atom. The van der Waals surface area contributed by atoms with Gasteiger partial charge in [0.15, 0.2) is 0 Å². The SMILES string of the molecule is C=C(CCCCC)CC(C)(CC(=C)CCCCC)C(=C)C.CCCCC. The van der Waals surface area contributed by atoms with E-state index in [4.69, 9.17) is 0 Å². The molecule has 0 rings (SSSR count). The monoisotopic (exact) mass is 362 g/mol. The molecule has 0 aliphatic heterocycles. The summed E-state index contributed by atoms with van der Waals surface area (Å²) in [6.45, 7) is 26.3. The van der Waals surface area contributed by atoms with E-state index in [0.29, 0.717) is 0 Å².